The summed E-state index contributed by atoms with van der Waals surface area (Å²) in [7, 11) is 0. The number of nitrogens with one attached hydrogen (secondary N) is 4. The Hall–Kier alpha value is -3.76. The largest absolute Gasteiger partial charge is 0.444 e. The number of ether oxygens (including phenoxy) is 2. The highest BCUT2D eigenvalue weighted by Crippen LogP contribution is 2.02. The molecule has 2 rings (SSSR count). The minimum atomic E-state index is -0.771. The highest BCUT2D eigenvalue weighted by molar-refractivity contribution is 5.95. The molecule has 0 saturated heterocycles. The number of hydrogen-bond donors (Lipinski definition) is 4. The summed E-state index contributed by atoms with van der Waals surface area (Å²) in [5, 5.41) is 10.6. The average molecular weight is 527 g/mol. The molecular weight excluding hydrogens is 488 g/mol. The fourth-order valence-electron chi connectivity index (χ4n) is 3.36. The fraction of sp³-hybridized carbons (Fsp3) is 0.429. The number of alkyl carbamates (subject to hydrolysis) is 2. The van der Waals surface area contributed by atoms with Gasteiger partial charge < -0.3 is 20.1 Å². The van der Waals surface area contributed by atoms with Crippen molar-refractivity contribution in [2.24, 2.45) is 0 Å². The molecular formula is C28H38N4O6. The summed E-state index contributed by atoms with van der Waals surface area (Å²) < 4.78 is 10.1. The minimum Gasteiger partial charge on any atom is -0.444 e. The molecule has 0 aromatic heterocycles. The van der Waals surface area contributed by atoms with E-state index in [1.807, 2.05) is 60.7 Å². The smallest absolute Gasteiger partial charge is 0.414 e. The molecule has 0 saturated carbocycles. The van der Waals surface area contributed by atoms with E-state index in [0.29, 0.717) is 13.1 Å². The maximum atomic E-state index is 12.1. The van der Waals surface area contributed by atoms with Crippen LogP contribution in [-0.4, -0.2) is 49.2 Å². The zero-order valence-electron chi connectivity index (χ0n) is 22.0. The van der Waals surface area contributed by atoms with E-state index in [1.54, 1.807) is 13.8 Å². The minimum absolute atomic E-state index is 0.0986. The van der Waals surface area contributed by atoms with Gasteiger partial charge in [0, 0.05) is 0 Å². The molecule has 0 fully saturated rings. The Kier molecular flexibility index (Phi) is 14.2. The summed E-state index contributed by atoms with van der Waals surface area (Å²) in [5.74, 6) is -0.882. The highest BCUT2D eigenvalue weighted by atomic mass is 16.6. The Morgan fingerprint density at radius 2 is 0.974 bits per heavy atom. The maximum absolute atomic E-state index is 12.1. The van der Waals surface area contributed by atoms with Crippen molar-refractivity contribution in [3.63, 3.8) is 0 Å². The summed E-state index contributed by atoms with van der Waals surface area (Å²) in [6.07, 6.45) is 2.06. The molecule has 206 valence electrons. The van der Waals surface area contributed by atoms with Crippen LogP contribution in [0.5, 0.6) is 0 Å². The zero-order chi connectivity index (χ0) is 27.6. The number of carbonyl (C=O) groups is 4. The number of unbranched alkanes of at least 4 members (excludes halogenated alkanes) is 3. The zero-order valence-corrected chi connectivity index (χ0v) is 22.0. The van der Waals surface area contributed by atoms with E-state index < -0.39 is 36.1 Å². The third-order valence-electron chi connectivity index (χ3n) is 5.67. The van der Waals surface area contributed by atoms with Gasteiger partial charge in [0.1, 0.15) is 13.2 Å². The summed E-state index contributed by atoms with van der Waals surface area (Å²) in [4.78, 5) is 47.8. The number of hydrogen-bond acceptors (Lipinski definition) is 8. The molecule has 10 nitrogen and oxygen atoms in total. The van der Waals surface area contributed by atoms with Crippen molar-refractivity contribution in [1.82, 2.24) is 21.3 Å². The van der Waals surface area contributed by atoms with Gasteiger partial charge in [-0.1, -0.05) is 73.5 Å². The lowest BCUT2D eigenvalue weighted by atomic mass is 10.2. The Labute approximate surface area is 223 Å². The first kappa shape index (κ1) is 30.5. The van der Waals surface area contributed by atoms with Crippen LogP contribution in [0, 0.1) is 0 Å². The average Bonchev–Trinajstić information content (AvgIpc) is 2.93. The van der Waals surface area contributed by atoms with Gasteiger partial charge in [-0.2, -0.15) is 0 Å². The first-order valence-electron chi connectivity index (χ1n) is 12.8. The molecule has 4 amide bonds. The van der Waals surface area contributed by atoms with Gasteiger partial charge in [0.05, 0.1) is 12.1 Å². The molecule has 0 aliphatic rings. The van der Waals surface area contributed by atoms with Crippen LogP contribution in [-0.2, 0) is 32.3 Å². The van der Waals surface area contributed by atoms with Crippen molar-refractivity contribution in [2.45, 2.75) is 64.8 Å². The molecule has 0 bridgehead atoms. The monoisotopic (exact) mass is 526 g/mol. The van der Waals surface area contributed by atoms with E-state index in [-0.39, 0.29) is 13.2 Å². The standard InChI is InChI=1S/C28H38N4O6/c1-21(25(33)31-27(35)37-19-23-13-7-5-8-14-23)29-17-11-3-4-12-18-30-22(2)26(34)32-28(36)38-20-24-15-9-6-10-16-24/h5-10,13-16,21-22,29-30H,3-4,11-12,17-20H2,1-2H3,(H,31,33,35)(H,32,34,36)/t21-,22-/m0/s1. The molecule has 0 unspecified atom stereocenters. The second-order valence-electron chi connectivity index (χ2n) is 8.87. The lowest BCUT2D eigenvalue weighted by molar-refractivity contribution is -0.123. The van der Waals surface area contributed by atoms with Crippen LogP contribution in [0.25, 0.3) is 0 Å². The number of imide groups is 2. The fourth-order valence-corrected chi connectivity index (χ4v) is 3.36. The van der Waals surface area contributed by atoms with Gasteiger partial charge in [-0.05, 0) is 50.9 Å². The van der Waals surface area contributed by atoms with Crippen LogP contribution in [0.3, 0.4) is 0 Å². The predicted octanol–water partition coefficient (Wildman–Crippen LogP) is 3.41. The SMILES string of the molecule is C[C@H](NCCCCCCN[C@@H](C)C(=O)NC(=O)OCc1ccccc1)C(=O)NC(=O)OCc1ccccc1. The number of amides is 4. The molecule has 0 aliphatic heterocycles. The van der Waals surface area contributed by atoms with Crippen molar-refractivity contribution in [2.75, 3.05) is 13.1 Å². The molecule has 0 heterocycles. The first-order valence-corrected chi connectivity index (χ1v) is 12.8. The molecule has 2 aromatic carbocycles. The van der Waals surface area contributed by atoms with E-state index in [0.717, 1.165) is 36.8 Å². The van der Waals surface area contributed by atoms with Gasteiger partial charge >= 0.3 is 12.2 Å². The quantitative estimate of drug-likeness (QED) is 0.259. The molecule has 2 atom stereocenters. The Bertz CT molecular complexity index is 921. The van der Waals surface area contributed by atoms with E-state index in [2.05, 4.69) is 21.3 Å². The summed E-state index contributed by atoms with van der Waals surface area (Å²) in [5.41, 5.74) is 1.68. The maximum Gasteiger partial charge on any atom is 0.414 e. The van der Waals surface area contributed by atoms with Gasteiger partial charge in [0.25, 0.3) is 0 Å². The van der Waals surface area contributed by atoms with Crippen LogP contribution in [0.2, 0.25) is 0 Å². The topological polar surface area (TPSA) is 135 Å². The van der Waals surface area contributed by atoms with Crippen LogP contribution < -0.4 is 21.3 Å². The molecule has 2 aromatic rings. The second-order valence-corrected chi connectivity index (χ2v) is 8.87. The van der Waals surface area contributed by atoms with Crippen LogP contribution in [0.15, 0.2) is 60.7 Å². The highest BCUT2D eigenvalue weighted by Gasteiger charge is 2.17. The van der Waals surface area contributed by atoms with Gasteiger partial charge in [-0.3, -0.25) is 20.2 Å². The third-order valence-corrected chi connectivity index (χ3v) is 5.67. The lowest BCUT2D eigenvalue weighted by Gasteiger charge is -2.14. The molecule has 0 aliphatic carbocycles. The first-order chi connectivity index (χ1) is 18.3. The summed E-state index contributed by atoms with van der Waals surface area (Å²) in [6.45, 7) is 4.83. The van der Waals surface area contributed by atoms with E-state index in [4.69, 9.17) is 9.47 Å². The molecule has 0 radical (unpaired) electrons. The summed E-state index contributed by atoms with van der Waals surface area (Å²) >= 11 is 0. The number of benzene rings is 2. The van der Waals surface area contributed by atoms with Crippen molar-refractivity contribution in [3.05, 3.63) is 71.8 Å². The Morgan fingerprint density at radius 3 is 1.34 bits per heavy atom. The van der Waals surface area contributed by atoms with Crippen molar-refractivity contribution in [3.8, 4) is 0 Å². The number of carbonyl (C=O) groups excluding carboxylic acids is 4. The van der Waals surface area contributed by atoms with E-state index >= 15 is 0 Å². The molecule has 10 heteroatoms. The van der Waals surface area contributed by atoms with Gasteiger partial charge in [0.2, 0.25) is 11.8 Å². The van der Waals surface area contributed by atoms with Gasteiger partial charge in [-0.25, -0.2) is 9.59 Å². The van der Waals surface area contributed by atoms with Crippen LogP contribution in [0.1, 0.15) is 50.7 Å². The van der Waals surface area contributed by atoms with E-state index in [9.17, 15) is 19.2 Å². The predicted molar refractivity (Wildman–Crippen MR) is 143 cm³/mol. The molecule has 4 N–H and O–H groups in total. The van der Waals surface area contributed by atoms with Gasteiger partial charge in [0.15, 0.2) is 0 Å². The lowest BCUT2D eigenvalue weighted by Crippen LogP contribution is -2.45. The second kappa shape index (κ2) is 17.7. The van der Waals surface area contributed by atoms with Crippen molar-refractivity contribution < 1.29 is 28.7 Å². The normalized spacial score (nSPS) is 12.2. The van der Waals surface area contributed by atoms with Gasteiger partial charge in [-0.15, -0.1) is 0 Å². The van der Waals surface area contributed by atoms with Crippen LogP contribution in [0.4, 0.5) is 9.59 Å². The molecule has 0 spiro atoms. The summed E-state index contributed by atoms with van der Waals surface area (Å²) in [6, 6.07) is 17.4. The number of rotatable bonds is 15. The Morgan fingerprint density at radius 1 is 0.605 bits per heavy atom. The molecule has 38 heavy (non-hydrogen) atoms. The Balaban J connectivity index is 1.45. The third kappa shape index (κ3) is 13.0. The van der Waals surface area contributed by atoms with Crippen molar-refractivity contribution in [1.29, 1.82) is 0 Å². The van der Waals surface area contributed by atoms with Crippen LogP contribution >= 0.6 is 0 Å². The van der Waals surface area contributed by atoms with E-state index in [1.165, 1.54) is 0 Å². The van der Waals surface area contributed by atoms with Crippen molar-refractivity contribution >= 4 is 24.0 Å².